The number of hydrogen-bond acceptors (Lipinski definition) is 3. The summed E-state index contributed by atoms with van der Waals surface area (Å²) in [4.78, 5) is 4.08. The molecule has 1 fully saturated rings. The lowest BCUT2D eigenvalue weighted by Crippen LogP contribution is -2.51. The first-order valence-corrected chi connectivity index (χ1v) is 5.61. The molecule has 1 saturated carbocycles. The van der Waals surface area contributed by atoms with Gasteiger partial charge in [0.25, 0.3) is 0 Å². The number of rotatable bonds is 3. The van der Waals surface area contributed by atoms with Crippen LogP contribution in [0.15, 0.2) is 22.9 Å². The highest BCUT2D eigenvalue weighted by Crippen LogP contribution is 2.29. The first-order chi connectivity index (χ1) is 6.68. The van der Waals surface area contributed by atoms with E-state index in [1.807, 2.05) is 12.3 Å². The molecular weight excluding hydrogens is 242 g/mol. The molecule has 3 nitrogen and oxygen atoms in total. The van der Waals surface area contributed by atoms with Gasteiger partial charge < -0.3 is 11.1 Å². The predicted molar refractivity (Wildman–Crippen MR) is 61.2 cm³/mol. The Balaban J connectivity index is 1.91. The molecule has 0 radical (unpaired) electrons. The molecule has 0 unspecified atom stereocenters. The normalized spacial score (nSPS) is 18.7. The van der Waals surface area contributed by atoms with Gasteiger partial charge in [-0.15, -0.1) is 0 Å². The summed E-state index contributed by atoms with van der Waals surface area (Å²) in [5, 5.41) is 3.31. The van der Waals surface area contributed by atoms with Gasteiger partial charge >= 0.3 is 0 Å². The lowest BCUT2D eigenvalue weighted by atomic mass is 9.78. The Morgan fingerprint density at radius 1 is 1.50 bits per heavy atom. The minimum Gasteiger partial charge on any atom is -0.382 e. The van der Waals surface area contributed by atoms with E-state index in [1.54, 1.807) is 6.20 Å². The van der Waals surface area contributed by atoms with Crippen LogP contribution in [0.4, 0.5) is 5.69 Å². The summed E-state index contributed by atoms with van der Waals surface area (Å²) >= 11 is 3.38. The summed E-state index contributed by atoms with van der Waals surface area (Å²) in [6, 6.07) is 2.01. The van der Waals surface area contributed by atoms with Gasteiger partial charge in [-0.2, -0.15) is 0 Å². The highest BCUT2D eigenvalue weighted by Gasteiger charge is 2.31. The molecule has 0 aromatic carbocycles. The lowest BCUT2D eigenvalue weighted by molar-refractivity contribution is 0.265. The number of halogens is 1. The van der Waals surface area contributed by atoms with Crippen LogP contribution in [0.2, 0.25) is 0 Å². The van der Waals surface area contributed by atoms with Gasteiger partial charge in [-0.25, -0.2) is 0 Å². The number of nitrogens with zero attached hydrogens (tertiary/aromatic N) is 1. The van der Waals surface area contributed by atoms with Crippen LogP contribution in [-0.2, 0) is 0 Å². The number of hydrogen-bond donors (Lipinski definition) is 2. The molecule has 4 heteroatoms. The quantitative estimate of drug-likeness (QED) is 0.871. The Morgan fingerprint density at radius 3 is 2.86 bits per heavy atom. The van der Waals surface area contributed by atoms with Crippen LogP contribution in [0.25, 0.3) is 0 Å². The van der Waals surface area contributed by atoms with Crippen molar-refractivity contribution >= 4 is 21.6 Å². The summed E-state index contributed by atoms with van der Waals surface area (Å²) < 4.78 is 0.988. The number of nitrogens with one attached hydrogen (secondary N) is 1. The Kier molecular flexibility index (Phi) is 2.74. The Hall–Kier alpha value is -0.610. The third-order valence-electron chi connectivity index (χ3n) is 2.70. The van der Waals surface area contributed by atoms with E-state index in [-0.39, 0.29) is 5.54 Å². The zero-order valence-corrected chi connectivity index (χ0v) is 9.55. The van der Waals surface area contributed by atoms with Crippen molar-refractivity contribution in [3.63, 3.8) is 0 Å². The molecule has 0 amide bonds. The van der Waals surface area contributed by atoms with Crippen LogP contribution >= 0.6 is 15.9 Å². The average Bonchev–Trinajstić information content (AvgIpc) is 2.12. The largest absolute Gasteiger partial charge is 0.382 e. The molecule has 76 valence electrons. The van der Waals surface area contributed by atoms with Crippen molar-refractivity contribution in [2.45, 2.75) is 24.8 Å². The maximum absolute atomic E-state index is 6.09. The van der Waals surface area contributed by atoms with E-state index in [2.05, 4.69) is 26.2 Å². The molecule has 0 atom stereocenters. The molecular formula is C10H14BrN3. The molecule has 2 rings (SSSR count). The van der Waals surface area contributed by atoms with Gasteiger partial charge in [0.1, 0.15) is 0 Å². The van der Waals surface area contributed by atoms with E-state index < -0.39 is 0 Å². The topological polar surface area (TPSA) is 50.9 Å². The molecule has 0 bridgehead atoms. The SMILES string of the molecule is NC1(CNc2cncc(Br)c2)CCC1. The third-order valence-corrected chi connectivity index (χ3v) is 3.13. The number of nitrogens with two attached hydrogens (primary N) is 1. The Bertz CT molecular complexity index is 323. The van der Waals surface area contributed by atoms with Crippen molar-refractivity contribution in [1.29, 1.82) is 0 Å². The van der Waals surface area contributed by atoms with E-state index >= 15 is 0 Å². The zero-order chi connectivity index (χ0) is 10.0. The molecule has 3 N–H and O–H groups in total. The number of aromatic nitrogens is 1. The van der Waals surface area contributed by atoms with Crippen LogP contribution in [0, 0.1) is 0 Å². The van der Waals surface area contributed by atoms with Crippen molar-refractivity contribution in [3.8, 4) is 0 Å². The highest BCUT2D eigenvalue weighted by atomic mass is 79.9. The predicted octanol–water partition coefficient (Wildman–Crippen LogP) is 2.14. The molecule has 14 heavy (non-hydrogen) atoms. The first kappa shape index (κ1) is 9.93. The van der Waals surface area contributed by atoms with Crippen LogP contribution < -0.4 is 11.1 Å². The second-order valence-corrected chi connectivity index (χ2v) is 4.88. The highest BCUT2D eigenvalue weighted by molar-refractivity contribution is 9.10. The maximum Gasteiger partial charge on any atom is 0.0538 e. The summed E-state index contributed by atoms with van der Waals surface area (Å²) in [6.07, 6.45) is 7.09. The first-order valence-electron chi connectivity index (χ1n) is 4.81. The van der Waals surface area contributed by atoms with E-state index in [0.29, 0.717) is 0 Å². The van der Waals surface area contributed by atoms with E-state index in [0.717, 1.165) is 29.5 Å². The third kappa shape index (κ3) is 2.25. The van der Waals surface area contributed by atoms with E-state index in [9.17, 15) is 0 Å². The van der Waals surface area contributed by atoms with Crippen molar-refractivity contribution in [1.82, 2.24) is 4.98 Å². The van der Waals surface area contributed by atoms with Crippen LogP contribution in [0.3, 0.4) is 0 Å². The zero-order valence-electron chi connectivity index (χ0n) is 7.96. The molecule has 0 aliphatic heterocycles. The lowest BCUT2D eigenvalue weighted by Gasteiger charge is -2.38. The van der Waals surface area contributed by atoms with Gasteiger partial charge in [0.2, 0.25) is 0 Å². The Morgan fingerprint density at radius 2 is 2.29 bits per heavy atom. The van der Waals surface area contributed by atoms with Gasteiger partial charge in [0.15, 0.2) is 0 Å². The fourth-order valence-electron chi connectivity index (χ4n) is 1.59. The molecule has 1 aliphatic rings. The van der Waals surface area contributed by atoms with Crippen LogP contribution in [0.5, 0.6) is 0 Å². The summed E-state index contributed by atoms with van der Waals surface area (Å²) in [5.74, 6) is 0. The Labute approximate surface area is 92.2 Å². The second kappa shape index (κ2) is 3.87. The minimum absolute atomic E-state index is 0.0162. The summed E-state index contributed by atoms with van der Waals surface area (Å²) in [5.41, 5.74) is 7.13. The molecule has 0 spiro atoms. The standard InChI is InChI=1S/C10H14BrN3/c11-8-4-9(6-13-5-8)14-7-10(12)2-1-3-10/h4-6,14H,1-3,7,12H2. The fraction of sp³-hybridized carbons (Fsp3) is 0.500. The minimum atomic E-state index is 0.0162. The number of pyridine rings is 1. The molecule has 1 aromatic rings. The van der Waals surface area contributed by atoms with Gasteiger partial charge in [0, 0.05) is 22.8 Å². The molecule has 1 aliphatic carbocycles. The second-order valence-electron chi connectivity index (χ2n) is 3.96. The van der Waals surface area contributed by atoms with E-state index in [1.165, 1.54) is 6.42 Å². The van der Waals surface area contributed by atoms with Gasteiger partial charge in [-0.1, -0.05) is 0 Å². The molecule has 1 aromatic heterocycles. The fourth-order valence-corrected chi connectivity index (χ4v) is 1.96. The average molecular weight is 256 g/mol. The van der Waals surface area contributed by atoms with Crippen molar-refractivity contribution in [2.75, 3.05) is 11.9 Å². The molecule has 1 heterocycles. The number of anilines is 1. The smallest absolute Gasteiger partial charge is 0.0538 e. The summed E-state index contributed by atoms with van der Waals surface area (Å²) in [6.45, 7) is 0.838. The van der Waals surface area contributed by atoms with Crippen molar-refractivity contribution in [3.05, 3.63) is 22.9 Å². The molecule has 0 saturated heterocycles. The summed E-state index contributed by atoms with van der Waals surface area (Å²) in [7, 11) is 0. The van der Waals surface area contributed by atoms with Gasteiger partial charge in [0.05, 0.1) is 11.9 Å². The van der Waals surface area contributed by atoms with E-state index in [4.69, 9.17) is 5.73 Å². The maximum atomic E-state index is 6.09. The van der Waals surface area contributed by atoms with Crippen molar-refractivity contribution < 1.29 is 0 Å². The van der Waals surface area contributed by atoms with Gasteiger partial charge in [-0.3, -0.25) is 4.98 Å². The van der Waals surface area contributed by atoms with Crippen molar-refractivity contribution in [2.24, 2.45) is 5.73 Å². The van der Waals surface area contributed by atoms with Crippen LogP contribution in [0.1, 0.15) is 19.3 Å². The van der Waals surface area contributed by atoms with Gasteiger partial charge in [-0.05, 0) is 41.3 Å². The van der Waals surface area contributed by atoms with Crippen LogP contribution in [-0.4, -0.2) is 17.1 Å². The monoisotopic (exact) mass is 255 g/mol.